The highest BCUT2D eigenvalue weighted by Gasteiger charge is 2.04. The molecule has 0 atom stereocenters. The van der Waals surface area contributed by atoms with E-state index in [1.807, 2.05) is 17.7 Å². The Bertz CT molecular complexity index is 289. The molecule has 0 spiro atoms. The fourth-order valence-electron chi connectivity index (χ4n) is 1.36. The SMILES string of the molecule is Cc1nc(CC(C)C)cn1CC=O. The van der Waals surface area contributed by atoms with Crippen LogP contribution in [0.3, 0.4) is 0 Å². The van der Waals surface area contributed by atoms with Gasteiger partial charge in [-0.1, -0.05) is 13.8 Å². The highest BCUT2D eigenvalue weighted by molar-refractivity contribution is 5.49. The van der Waals surface area contributed by atoms with E-state index in [0.29, 0.717) is 12.5 Å². The van der Waals surface area contributed by atoms with Crippen LogP contribution in [0.4, 0.5) is 0 Å². The number of aldehydes is 1. The van der Waals surface area contributed by atoms with E-state index in [0.717, 1.165) is 24.2 Å². The van der Waals surface area contributed by atoms with Gasteiger partial charge in [0.1, 0.15) is 12.1 Å². The lowest BCUT2D eigenvalue weighted by atomic mass is 10.1. The Kier molecular flexibility index (Phi) is 3.23. The lowest BCUT2D eigenvalue weighted by molar-refractivity contribution is -0.108. The van der Waals surface area contributed by atoms with Gasteiger partial charge in [0.25, 0.3) is 0 Å². The average molecular weight is 180 g/mol. The molecule has 0 aliphatic carbocycles. The van der Waals surface area contributed by atoms with Gasteiger partial charge in [-0.25, -0.2) is 4.98 Å². The largest absolute Gasteiger partial charge is 0.328 e. The van der Waals surface area contributed by atoms with E-state index in [2.05, 4.69) is 18.8 Å². The van der Waals surface area contributed by atoms with Crippen molar-refractivity contribution in [3.8, 4) is 0 Å². The first-order chi connectivity index (χ1) is 6.13. The molecule has 0 aliphatic rings. The molecule has 0 bridgehead atoms. The number of nitrogens with zero attached hydrogens (tertiary/aromatic N) is 2. The molecular formula is C10H16N2O. The van der Waals surface area contributed by atoms with Crippen LogP contribution in [0.25, 0.3) is 0 Å². The first kappa shape index (κ1) is 9.96. The van der Waals surface area contributed by atoms with Crippen molar-refractivity contribution < 1.29 is 4.79 Å². The van der Waals surface area contributed by atoms with Gasteiger partial charge in [-0.05, 0) is 19.3 Å². The first-order valence-corrected chi connectivity index (χ1v) is 4.59. The predicted octanol–water partition coefficient (Wildman–Crippen LogP) is 1.59. The van der Waals surface area contributed by atoms with Gasteiger partial charge in [0.2, 0.25) is 0 Å². The third-order valence-electron chi connectivity index (χ3n) is 1.91. The van der Waals surface area contributed by atoms with Gasteiger partial charge in [0.15, 0.2) is 0 Å². The standard InChI is InChI=1S/C10H16N2O/c1-8(2)6-10-7-12(4-5-13)9(3)11-10/h5,7-8H,4,6H2,1-3H3. The summed E-state index contributed by atoms with van der Waals surface area (Å²) in [6, 6.07) is 0. The van der Waals surface area contributed by atoms with Crippen LogP contribution in [-0.2, 0) is 17.8 Å². The van der Waals surface area contributed by atoms with Gasteiger partial charge in [0, 0.05) is 6.20 Å². The highest BCUT2D eigenvalue weighted by atomic mass is 16.1. The summed E-state index contributed by atoms with van der Waals surface area (Å²) >= 11 is 0. The summed E-state index contributed by atoms with van der Waals surface area (Å²) in [7, 11) is 0. The van der Waals surface area contributed by atoms with Gasteiger partial charge in [0.05, 0.1) is 12.2 Å². The monoisotopic (exact) mass is 180 g/mol. The van der Waals surface area contributed by atoms with Crippen molar-refractivity contribution in [1.82, 2.24) is 9.55 Å². The normalized spacial score (nSPS) is 10.8. The van der Waals surface area contributed by atoms with Crippen molar-refractivity contribution in [2.45, 2.75) is 33.7 Å². The molecule has 0 saturated carbocycles. The summed E-state index contributed by atoms with van der Waals surface area (Å²) in [6.07, 6.45) is 3.84. The Balaban J connectivity index is 2.75. The summed E-state index contributed by atoms with van der Waals surface area (Å²) in [5, 5.41) is 0. The van der Waals surface area contributed by atoms with Gasteiger partial charge in [-0.3, -0.25) is 0 Å². The number of aryl methyl sites for hydroxylation is 1. The fourth-order valence-corrected chi connectivity index (χ4v) is 1.36. The number of hydrogen-bond donors (Lipinski definition) is 0. The second kappa shape index (κ2) is 4.21. The Morgan fingerprint density at radius 2 is 2.31 bits per heavy atom. The number of imidazole rings is 1. The van der Waals surface area contributed by atoms with E-state index in [9.17, 15) is 4.79 Å². The van der Waals surface area contributed by atoms with Gasteiger partial charge < -0.3 is 9.36 Å². The molecule has 0 radical (unpaired) electrons. The van der Waals surface area contributed by atoms with E-state index >= 15 is 0 Å². The Morgan fingerprint density at radius 1 is 1.62 bits per heavy atom. The molecule has 3 heteroatoms. The van der Waals surface area contributed by atoms with Gasteiger partial charge in [-0.15, -0.1) is 0 Å². The molecule has 0 aliphatic heterocycles. The molecule has 0 N–H and O–H groups in total. The maximum absolute atomic E-state index is 10.3. The second-order valence-corrected chi connectivity index (χ2v) is 3.70. The average Bonchev–Trinajstić information content (AvgIpc) is 2.31. The molecule has 0 unspecified atom stereocenters. The molecule has 13 heavy (non-hydrogen) atoms. The van der Waals surface area contributed by atoms with Crippen molar-refractivity contribution in [2.24, 2.45) is 5.92 Å². The van der Waals surface area contributed by atoms with E-state index in [4.69, 9.17) is 0 Å². The quantitative estimate of drug-likeness (QED) is 0.659. The van der Waals surface area contributed by atoms with Crippen LogP contribution >= 0.6 is 0 Å². The summed E-state index contributed by atoms with van der Waals surface area (Å²) in [5.41, 5.74) is 1.08. The number of carbonyl (C=O) groups excluding carboxylic acids is 1. The van der Waals surface area contributed by atoms with Crippen molar-refractivity contribution >= 4 is 6.29 Å². The van der Waals surface area contributed by atoms with Crippen LogP contribution in [0, 0.1) is 12.8 Å². The third-order valence-corrected chi connectivity index (χ3v) is 1.91. The van der Waals surface area contributed by atoms with E-state index in [-0.39, 0.29) is 0 Å². The van der Waals surface area contributed by atoms with Crippen LogP contribution in [-0.4, -0.2) is 15.8 Å². The molecule has 1 aromatic heterocycles. The minimum absolute atomic E-state index is 0.414. The summed E-state index contributed by atoms with van der Waals surface area (Å²) in [6.45, 7) is 6.66. The predicted molar refractivity (Wildman–Crippen MR) is 51.6 cm³/mol. The van der Waals surface area contributed by atoms with Crippen LogP contribution in [0.15, 0.2) is 6.20 Å². The maximum atomic E-state index is 10.3. The molecule has 1 rings (SSSR count). The van der Waals surface area contributed by atoms with Crippen LogP contribution < -0.4 is 0 Å². The topological polar surface area (TPSA) is 34.9 Å². The molecule has 0 aromatic carbocycles. The Hall–Kier alpha value is -1.12. The van der Waals surface area contributed by atoms with E-state index in [1.165, 1.54) is 0 Å². The minimum atomic E-state index is 0.414. The Labute approximate surface area is 78.8 Å². The number of hydrogen-bond acceptors (Lipinski definition) is 2. The fraction of sp³-hybridized carbons (Fsp3) is 0.600. The second-order valence-electron chi connectivity index (χ2n) is 3.70. The zero-order chi connectivity index (χ0) is 9.84. The summed E-state index contributed by atoms with van der Waals surface area (Å²) in [4.78, 5) is 14.7. The smallest absolute Gasteiger partial charge is 0.139 e. The van der Waals surface area contributed by atoms with Crippen LogP contribution in [0.5, 0.6) is 0 Å². The number of rotatable bonds is 4. The minimum Gasteiger partial charge on any atom is -0.328 e. The molecule has 1 heterocycles. The molecule has 0 fully saturated rings. The van der Waals surface area contributed by atoms with E-state index < -0.39 is 0 Å². The van der Waals surface area contributed by atoms with Crippen molar-refractivity contribution in [2.75, 3.05) is 0 Å². The highest BCUT2D eigenvalue weighted by Crippen LogP contribution is 2.07. The van der Waals surface area contributed by atoms with Gasteiger partial charge >= 0.3 is 0 Å². The molecular weight excluding hydrogens is 164 g/mol. The van der Waals surface area contributed by atoms with E-state index in [1.54, 1.807) is 0 Å². The molecule has 0 amide bonds. The van der Waals surface area contributed by atoms with Crippen molar-refractivity contribution in [1.29, 1.82) is 0 Å². The van der Waals surface area contributed by atoms with Crippen LogP contribution in [0.2, 0.25) is 0 Å². The van der Waals surface area contributed by atoms with Crippen molar-refractivity contribution in [3.63, 3.8) is 0 Å². The third kappa shape index (κ3) is 2.68. The molecule has 1 aromatic rings. The Morgan fingerprint density at radius 3 is 2.85 bits per heavy atom. The number of carbonyl (C=O) groups is 1. The first-order valence-electron chi connectivity index (χ1n) is 4.59. The zero-order valence-corrected chi connectivity index (χ0v) is 8.45. The zero-order valence-electron chi connectivity index (χ0n) is 8.45. The number of aromatic nitrogens is 2. The molecule has 0 saturated heterocycles. The van der Waals surface area contributed by atoms with Crippen LogP contribution in [0.1, 0.15) is 25.4 Å². The lowest BCUT2D eigenvalue weighted by Crippen LogP contribution is -1.99. The van der Waals surface area contributed by atoms with Crippen molar-refractivity contribution in [3.05, 3.63) is 17.7 Å². The molecule has 3 nitrogen and oxygen atoms in total. The summed E-state index contributed by atoms with van der Waals surface area (Å²) in [5.74, 6) is 1.53. The summed E-state index contributed by atoms with van der Waals surface area (Å²) < 4.78 is 1.88. The van der Waals surface area contributed by atoms with Gasteiger partial charge in [-0.2, -0.15) is 0 Å². The molecule has 72 valence electrons. The maximum Gasteiger partial charge on any atom is 0.139 e. The lowest BCUT2D eigenvalue weighted by Gasteiger charge is -1.98.